The number of piperidine rings is 1. The van der Waals surface area contributed by atoms with Gasteiger partial charge in [0.1, 0.15) is 0 Å². The number of methoxy groups -OCH3 is 1. The van der Waals surface area contributed by atoms with Gasteiger partial charge in [0, 0.05) is 37.8 Å². The minimum Gasteiger partial charge on any atom is -0.494 e. The third kappa shape index (κ3) is 4.27. The van der Waals surface area contributed by atoms with E-state index in [0.29, 0.717) is 17.5 Å². The lowest BCUT2D eigenvalue weighted by molar-refractivity contribution is -0.119. The Bertz CT molecular complexity index is 836. The van der Waals surface area contributed by atoms with Crippen LogP contribution < -0.4 is 9.64 Å². The van der Waals surface area contributed by atoms with Gasteiger partial charge >= 0.3 is 0 Å². The lowest BCUT2D eigenvalue weighted by Crippen LogP contribution is -2.35. The summed E-state index contributed by atoms with van der Waals surface area (Å²) < 4.78 is 18.7. The Morgan fingerprint density at radius 2 is 1.93 bits per heavy atom. The van der Waals surface area contributed by atoms with Gasteiger partial charge in [-0.25, -0.2) is 4.39 Å². The molecule has 6 heteroatoms. The summed E-state index contributed by atoms with van der Waals surface area (Å²) in [6.07, 6.45) is 2.50. The zero-order valence-corrected chi connectivity index (χ0v) is 15.6. The van der Waals surface area contributed by atoms with Crippen molar-refractivity contribution in [1.82, 2.24) is 4.90 Å². The molecule has 1 heterocycles. The van der Waals surface area contributed by atoms with Crippen LogP contribution in [0.1, 0.15) is 35.2 Å². The van der Waals surface area contributed by atoms with E-state index in [1.165, 1.54) is 18.1 Å². The van der Waals surface area contributed by atoms with Crippen LogP contribution in [0, 0.1) is 5.82 Å². The molecule has 0 unspecified atom stereocenters. The molecule has 0 aliphatic carbocycles. The normalized spacial score (nSPS) is 14.2. The summed E-state index contributed by atoms with van der Waals surface area (Å²) in [6.45, 7) is 1.00. The zero-order chi connectivity index (χ0) is 19.4. The number of amides is 2. The fourth-order valence-electron chi connectivity index (χ4n) is 3.24. The van der Waals surface area contributed by atoms with Crippen molar-refractivity contribution < 1.29 is 18.7 Å². The molecule has 142 valence electrons. The molecule has 2 aromatic rings. The molecule has 2 amide bonds. The number of ether oxygens (including phenoxy) is 1. The lowest BCUT2D eigenvalue weighted by atomic mass is 10.1. The summed E-state index contributed by atoms with van der Waals surface area (Å²) in [4.78, 5) is 27.9. The Morgan fingerprint density at radius 3 is 2.56 bits per heavy atom. The van der Waals surface area contributed by atoms with Crippen LogP contribution in [-0.4, -0.2) is 37.4 Å². The number of nitrogens with zero attached hydrogens (tertiary/aromatic N) is 2. The van der Waals surface area contributed by atoms with Crippen LogP contribution in [0.25, 0.3) is 0 Å². The van der Waals surface area contributed by atoms with Gasteiger partial charge in [-0.05, 0) is 54.8 Å². The number of hydrogen-bond acceptors (Lipinski definition) is 3. The Morgan fingerprint density at radius 1 is 1.19 bits per heavy atom. The second-order valence-corrected chi connectivity index (χ2v) is 6.68. The van der Waals surface area contributed by atoms with Gasteiger partial charge in [0.25, 0.3) is 5.91 Å². The van der Waals surface area contributed by atoms with Gasteiger partial charge in [0.15, 0.2) is 11.6 Å². The molecule has 0 bridgehead atoms. The SMILES string of the molecule is COc1ccc(CN(C)C(=O)c2ccc(N3CCCCC3=O)cc2)cc1F. The number of carbonyl (C=O) groups excluding carboxylic acids is 2. The molecular weight excluding hydrogens is 347 g/mol. The molecule has 1 saturated heterocycles. The van der Waals surface area contributed by atoms with Crippen molar-refractivity contribution in [1.29, 1.82) is 0 Å². The molecule has 0 atom stereocenters. The molecule has 27 heavy (non-hydrogen) atoms. The van der Waals surface area contributed by atoms with Crippen LogP contribution >= 0.6 is 0 Å². The van der Waals surface area contributed by atoms with Gasteiger partial charge in [0.05, 0.1) is 7.11 Å². The summed E-state index contributed by atoms with van der Waals surface area (Å²) in [5, 5.41) is 0. The first-order valence-corrected chi connectivity index (χ1v) is 8.98. The van der Waals surface area contributed by atoms with Crippen molar-refractivity contribution in [3.05, 3.63) is 59.4 Å². The summed E-state index contributed by atoms with van der Waals surface area (Å²) >= 11 is 0. The molecule has 0 saturated carbocycles. The predicted octanol–water partition coefficient (Wildman–Crippen LogP) is 3.62. The van der Waals surface area contributed by atoms with E-state index < -0.39 is 5.82 Å². The number of rotatable bonds is 5. The van der Waals surface area contributed by atoms with E-state index in [2.05, 4.69) is 0 Å². The summed E-state index contributed by atoms with van der Waals surface area (Å²) in [6, 6.07) is 11.7. The maximum absolute atomic E-state index is 13.8. The van der Waals surface area contributed by atoms with Crippen LogP contribution in [0.4, 0.5) is 10.1 Å². The van der Waals surface area contributed by atoms with Gasteiger partial charge in [-0.15, -0.1) is 0 Å². The van der Waals surface area contributed by atoms with Crippen LogP contribution in [0.5, 0.6) is 5.75 Å². The maximum atomic E-state index is 13.8. The molecule has 0 N–H and O–H groups in total. The lowest BCUT2D eigenvalue weighted by Gasteiger charge is -2.27. The minimum absolute atomic E-state index is 0.124. The highest BCUT2D eigenvalue weighted by Gasteiger charge is 2.20. The quantitative estimate of drug-likeness (QED) is 0.808. The van der Waals surface area contributed by atoms with E-state index in [-0.39, 0.29) is 24.1 Å². The number of anilines is 1. The highest BCUT2D eigenvalue weighted by atomic mass is 19.1. The van der Waals surface area contributed by atoms with Crippen molar-refractivity contribution in [2.75, 3.05) is 25.6 Å². The van der Waals surface area contributed by atoms with E-state index >= 15 is 0 Å². The summed E-state index contributed by atoms with van der Waals surface area (Å²) in [7, 11) is 3.08. The second-order valence-electron chi connectivity index (χ2n) is 6.68. The average molecular weight is 370 g/mol. The van der Waals surface area contributed by atoms with E-state index in [1.807, 2.05) is 0 Å². The van der Waals surface area contributed by atoms with Crippen molar-refractivity contribution in [2.24, 2.45) is 0 Å². The monoisotopic (exact) mass is 370 g/mol. The third-order valence-electron chi connectivity index (χ3n) is 4.73. The maximum Gasteiger partial charge on any atom is 0.253 e. The first-order chi connectivity index (χ1) is 13.0. The van der Waals surface area contributed by atoms with Gasteiger partial charge in [0.2, 0.25) is 5.91 Å². The van der Waals surface area contributed by atoms with E-state index in [4.69, 9.17) is 4.74 Å². The van der Waals surface area contributed by atoms with Crippen LogP contribution in [0.2, 0.25) is 0 Å². The molecule has 3 rings (SSSR count). The molecule has 0 radical (unpaired) electrons. The van der Waals surface area contributed by atoms with Crippen molar-refractivity contribution in [3.63, 3.8) is 0 Å². The Hall–Kier alpha value is -2.89. The molecule has 2 aromatic carbocycles. The van der Waals surface area contributed by atoms with Gasteiger partial charge in [-0.3, -0.25) is 9.59 Å². The molecule has 0 aromatic heterocycles. The topological polar surface area (TPSA) is 49.9 Å². The van der Waals surface area contributed by atoms with E-state index in [0.717, 1.165) is 25.1 Å². The first-order valence-electron chi connectivity index (χ1n) is 8.98. The minimum atomic E-state index is -0.452. The predicted molar refractivity (Wildman–Crippen MR) is 101 cm³/mol. The van der Waals surface area contributed by atoms with Crippen molar-refractivity contribution in [3.8, 4) is 5.75 Å². The highest BCUT2D eigenvalue weighted by molar-refractivity contribution is 5.96. The van der Waals surface area contributed by atoms with Crippen molar-refractivity contribution >= 4 is 17.5 Å². The molecule has 0 spiro atoms. The van der Waals surface area contributed by atoms with Crippen molar-refractivity contribution in [2.45, 2.75) is 25.8 Å². The van der Waals surface area contributed by atoms with Gasteiger partial charge in [-0.2, -0.15) is 0 Å². The summed E-state index contributed by atoms with van der Waals surface area (Å²) in [5.41, 5.74) is 2.02. The standard InChI is InChI=1S/C21H23FN2O3/c1-23(14-15-6-11-19(27-2)18(22)13-15)21(26)16-7-9-17(10-8-16)24-12-4-3-5-20(24)25/h6-11,13H,3-5,12,14H2,1-2H3. The molecule has 1 fully saturated rings. The van der Waals surface area contributed by atoms with Crippen LogP contribution in [0.3, 0.4) is 0 Å². The fraction of sp³-hybridized carbons (Fsp3) is 0.333. The Kier molecular flexibility index (Phi) is 5.74. The molecule has 5 nitrogen and oxygen atoms in total. The summed E-state index contributed by atoms with van der Waals surface area (Å²) in [5.74, 6) is -0.316. The van der Waals surface area contributed by atoms with Crippen LogP contribution in [0.15, 0.2) is 42.5 Å². The highest BCUT2D eigenvalue weighted by Crippen LogP contribution is 2.22. The van der Waals surface area contributed by atoms with Gasteiger partial charge < -0.3 is 14.5 Å². The van der Waals surface area contributed by atoms with E-state index in [1.54, 1.807) is 48.3 Å². The second kappa shape index (κ2) is 8.20. The number of hydrogen-bond donors (Lipinski definition) is 0. The smallest absolute Gasteiger partial charge is 0.253 e. The fourth-order valence-corrected chi connectivity index (χ4v) is 3.24. The first kappa shape index (κ1) is 18.9. The zero-order valence-electron chi connectivity index (χ0n) is 15.6. The molecule has 1 aliphatic heterocycles. The average Bonchev–Trinajstić information content (AvgIpc) is 2.68. The number of halogens is 1. The van der Waals surface area contributed by atoms with E-state index in [9.17, 15) is 14.0 Å². The number of carbonyl (C=O) groups is 2. The van der Waals surface area contributed by atoms with Gasteiger partial charge in [-0.1, -0.05) is 6.07 Å². The molecular formula is C21H23FN2O3. The van der Waals surface area contributed by atoms with Crippen LogP contribution in [-0.2, 0) is 11.3 Å². The Labute approximate surface area is 158 Å². The number of benzene rings is 2. The molecule has 1 aliphatic rings. The Balaban J connectivity index is 1.67. The third-order valence-corrected chi connectivity index (χ3v) is 4.73. The largest absolute Gasteiger partial charge is 0.494 e.